The van der Waals surface area contributed by atoms with Crippen LogP contribution in [-0.4, -0.2) is 51.8 Å². The van der Waals surface area contributed by atoms with Crippen molar-refractivity contribution in [1.82, 2.24) is 4.72 Å². The van der Waals surface area contributed by atoms with Gasteiger partial charge in [0.25, 0.3) is 0 Å². The molecule has 2 N–H and O–H groups in total. The zero-order valence-electron chi connectivity index (χ0n) is 17.9. The van der Waals surface area contributed by atoms with E-state index >= 15 is 0 Å². The minimum absolute atomic E-state index is 0.0613. The first-order valence-corrected chi connectivity index (χ1v) is 12.8. The molecular formula is C21H26F2N2O5S2. The van der Waals surface area contributed by atoms with Gasteiger partial charge in [-0.05, 0) is 61.2 Å². The molecule has 0 aromatic heterocycles. The van der Waals surface area contributed by atoms with Crippen LogP contribution in [0.25, 0.3) is 11.1 Å². The minimum Gasteiger partial charge on any atom is -0.497 e. The summed E-state index contributed by atoms with van der Waals surface area (Å²) < 4.78 is 61.9. The van der Waals surface area contributed by atoms with Gasteiger partial charge in [-0.3, -0.25) is 4.79 Å². The molecule has 2 aromatic carbocycles. The van der Waals surface area contributed by atoms with Crippen LogP contribution in [0.3, 0.4) is 0 Å². The Bertz CT molecular complexity index is 1000. The van der Waals surface area contributed by atoms with Crippen LogP contribution in [0.5, 0.6) is 11.5 Å². The average Bonchev–Trinajstić information content (AvgIpc) is 2.77. The zero-order valence-corrected chi connectivity index (χ0v) is 19.6. The number of thioether (sulfide) groups is 1. The van der Waals surface area contributed by atoms with Crippen molar-refractivity contribution >= 4 is 33.4 Å². The maximum Gasteiger partial charge on any atom is 0.387 e. The van der Waals surface area contributed by atoms with E-state index in [0.29, 0.717) is 34.7 Å². The van der Waals surface area contributed by atoms with E-state index in [2.05, 4.69) is 14.8 Å². The summed E-state index contributed by atoms with van der Waals surface area (Å²) in [5.41, 5.74) is 1.22. The quantitative estimate of drug-likeness (QED) is 0.470. The van der Waals surface area contributed by atoms with Crippen LogP contribution >= 0.6 is 11.8 Å². The molecule has 2 rings (SSSR count). The average molecular weight is 489 g/mol. The number of carbonyl (C=O) groups excluding carboxylic acids is 1. The molecule has 1 amide bonds. The molecule has 0 aliphatic rings. The fourth-order valence-corrected chi connectivity index (χ4v) is 4.11. The molecule has 0 heterocycles. The number of sulfonamides is 1. The highest BCUT2D eigenvalue weighted by atomic mass is 32.2. The van der Waals surface area contributed by atoms with Crippen LogP contribution in [0.1, 0.15) is 13.3 Å². The van der Waals surface area contributed by atoms with E-state index in [1.54, 1.807) is 24.3 Å². The lowest BCUT2D eigenvalue weighted by atomic mass is 10.0. The van der Waals surface area contributed by atoms with E-state index < -0.39 is 28.6 Å². The van der Waals surface area contributed by atoms with E-state index in [1.807, 2.05) is 6.26 Å². The van der Waals surface area contributed by atoms with E-state index in [9.17, 15) is 22.0 Å². The number of ether oxygens (including phenoxy) is 2. The van der Waals surface area contributed by atoms with Crippen molar-refractivity contribution in [2.24, 2.45) is 0 Å². The van der Waals surface area contributed by atoms with Gasteiger partial charge in [-0.1, -0.05) is 12.1 Å². The van der Waals surface area contributed by atoms with E-state index in [0.717, 1.165) is 0 Å². The Morgan fingerprint density at radius 1 is 1.16 bits per heavy atom. The third-order valence-corrected chi connectivity index (χ3v) is 6.54. The van der Waals surface area contributed by atoms with Crippen LogP contribution in [0.4, 0.5) is 14.5 Å². The van der Waals surface area contributed by atoms with Gasteiger partial charge in [0.2, 0.25) is 15.9 Å². The van der Waals surface area contributed by atoms with Gasteiger partial charge in [0.15, 0.2) is 0 Å². The summed E-state index contributed by atoms with van der Waals surface area (Å²) in [6, 6.07) is 9.97. The van der Waals surface area contributed by atoms with Crippen LogP contribution in [0.15, 0.2) is 42.5 Å². The molecule has 0 bridgehead atoms. The highest BCUT2D eigenvalue weighted by molar-refractivity contribution is 7.98. The molecule has 0 spiro atoms. The number of amides is 1. The summed E-state index contributed by atoms with van der Waals surface area (Å²) in [6.07, 6.45) is 2.15. The third kappa shape index (κ3) is 7.64. The lowest BCUT2D eigenvalue weighted by Gasteiger charge is -2.19. The fraction of sp³-hybridized carbons (Fsp3) is 0.381. The predicted molar refractivity (Wildman–Crippen MR) is 123 cm³/mol. The smallest absolute Gasteiger partial charge is 0.387 e. The summed E-state index contributed by atoms with van der Waals surface area (Å²) in [4.78, 5) is 12.8. The molecule has 176 valence electrons. The highest BCUT2D eigenvalue weighted by Crippen LogP contribution is 2.34. The van der Waals surface area contributed by atoms with E-state index in [4.69, 9.17) is 4.74 Å². The van der Waals surface area contributed by atoms with Crippen molar-refractivity contribution < 1.29 is 31.5 Å². The first-order chi connectivity index (χ1) is 15.2. The molecule has 0 fully saturated rings. The van der Waals surface area contributed by atoms with Crippen molar-refractivity contribution in [1.29, 1.82) is 0 Å². The summed E-state index contributed by atoms with van der Waals surface area (Å²) in [7, 11) is -2.09. The van der Waals surface area contributed by atoms with Crippen molar-refractivity contribution in [3.8, 4) is 22.6 Å². The summed E-state index contributed by atoms with van der Waals surface area (Å²) in [5.74, 6) is 0.405. The van der Waals surface area contributed by atoms with Crippen molar-refractivity contribution in [3.05, 3.63) is 42.5 Å². The molecule has 2 aromatic rings. The molecule has 0 saturated carbocycles. The molecular weight excluding hydrogens is 462 g/mol. The van der Waals surface area contributed by atoms with Crippen LogP contribution in [-0.2, 0) is 14.8 Å². The third-order valence-electron chi connectivity index (χ3n) is 4.49. The molecule has 11 heteroatoms. The van der Waals surface area contributed by atoms with Crippen LogP contribution in [0, 0.1) is 0 Å². The van der Waals surface area contributed by atoms with Gasteiger partial charge in [-0.2, -0.15) is 20.5 Å². The Morgan fingerprint density at radius 2 is 1.84 bits per heavy atom. The summed E-state index contributed by atoms with van der Waals surface area (Å²) in [6.45, 7) is -1.54. The molecule has 1 atom stereocenters. The van der Waals surface area contributed by atoms with Gasteiger partial charge in [0.05, 0.1) is 12.9 Å². The van der Waals surface area contributed by atoms with E-state index in [-0.39, 0.29) is 11.5 Å². The number of rotatable bonds is 12. The molecule has 0 saturated heterocycles. The predicted octanol–water partition coefficient (Wildman–Crippen LogP) is 3.96. The number of benzene rings is 2. The number of methoxy groups -OCH3 is 1. The Morgan fingerprint density at radius 3 is 2.41 bits per heavy atom. The summed E-state index contributed by atoms with van der Waals surface area (Å²) >= 11 is 1.48. The van der Waals surface area contributed by atoms with Gasteiger partial charge < -0.3 is 14.8 Å². The number of halogens is 2. The number of anilines is 1. The molecule has 0 radical (unpaired) electrons. The second kappa shape index (κ2) is 12.0. The Kier molecular flexibility index (Phi) is 9.73. The van der Waals surface area contributed by atoms with Crippen molar-refractivity contribution in [3.63, 3.8) is 0 Å². The van der Waals surface area contributed by atoms with E-state index in [1.165, 1.54) is 44.0 Å². The highest BCUT2D eigenvalue weighted by Gasteiger charge is 2.24. The second-order valence-corrected chi connectivity index (χ2v) is 9.69. The first kappa shape index (κ1) is 25.9. The molecule has 7 nitrogen and oxygen atoms in total. The molecule has 1 unspecified atom stereocenters. The second-order valence-electron chi connectivity index (χ2n) is 6.66. The topological polar surface area (TPSA) is 93.7 Å². The largest absolute Gasteiger partial charge is 0.497 e. The van der Waals surface area contributed by atoms with Gasteiger partial charge in [0, 0.05) is 11.3 Å². The standard InChI is InChI=1S/C21H26F2N2O5S2/c1-4-32(27,28)25-18(11-12-31-3)20(26)24-15-7-10-19(30-21(22)23)17(13-15)14-5-8-16(29-2)9-6-14/h5-10,13,18,21,25H,4,11-12H2,1-3H3,(H,24,26). The number of hydrogen-bond donors (Lipinski definition) is 2. The van der Waals surface area contributed by atoms with Crippen LogP contribution in [0.2, 0.25) is 0 Å². The number of nitrogens with one attached hydrogen (secondary N) is 2. The van der Waals surface area contributed by atoms with Crippen molar-refractivity contribution in [2.45, 2.75) is 26.0 Å². The fourth-order valence-electron chi connectivity index (χ4n) is 2.81. The maximum atomic E-state index is 12.9. The first-order valence-electron chi connectivity index (χ1n) is 9.72. The summed E-state index contributed by atoms with van der Waals surface area (Å²) in [5, 5.41) is 2.67. The van der Waals surface area contributed by atoms with Gasteiger partial charge in [-0.25, -0.2) is 13.1 Å². The lowest BCUT2D eigenvalue weighted by Crippen LogP contribution is -2.44. The SMILES string of the molecule is CCS(=O)(=O)NC(CCSC)C(=O)Nc1ccc(OC(F)F)c(-c2ccc(OC)cc2)c1. The van der Waals surface area contributed by atoms with Crippen LogP contribution < -0.4 is 19.5 Å². The minimum atomic E-state index is -3.60. The lowest BCUT2D eigenvalue weighted by molar-refractivity contribution is -0.117. The van der Waals surface area contributed by atoms with Gasteiger partial charge in [0.1, 0.15) is 17.5 Å². The molecule has 32 heavy (non-hydrogen) atoms. The van der Waals surface area contributed by atoms with Gasteiger partial charge >= 0.3 is 6.61 Å². The van der Waals surface area contributed by atoms with Gasteiger partial charge in [-0.15, -0.1) is 0 Å². The monoisotopic (exact) mass is 488 g/mol. The molecule has 0 aliphatic carbocycles. The zero-order chi connectivity index (χ0) is 23.7. The Balaban J connectivity index is 2.33. The number of carbonyl (C=O) groups is 1. The number of alkyl halides is 2. The Labute approximate surface area is 190 Å². The van der Waals surface area contributed by atoms with Crippen molar-refractivity contribution in [2.75, 3.05) is 30.2 Å². The Hall–Kier alpha value is -2.37. The normalized spacial score (nSPS) is 12.4. The molecule has 0 aliphatic heterocycles. The number of hydrogen-bond acceptors (Lipinski definition) is 6. The maximum absolute atomic E-state index is 12.9.